The van der Waals surface area contributed by atoms with Crippen LogP contribution in [0.1, 0.15) is 43.6 Å². The van der Waals surface area contributed by atoms with E-state index in [1.807, 2.05) is 24.3 Å². The topological polar surface area (TPSA) is 89.6 Å². The molecular weight excluding hydrogens is 326 g/mol. The Bertz CT molecular complexity index is 827. The highest BCUT2D eigenvalue weighted by molar-refractivity contribution is 7.85. The zero-order valence-corrected chi connectivity index (χ0v) is 14.1. The van der Waals surface area contributed by atoms with E-state index in [0.717, 1.165) is 18.4 Å². The van der Waals surface area contributed by atoms with Crippen LogP contribution in [0.15, 0.2) is 47.4 Å². The normalized spacial score (nSPS) is 16.0. The van der Waals surface area contributed by atoms with Gasteiger partial charge in [0.1, 0.15) is 5.75 Å². The molecule has 0 radical (unpaired) electrons. The zero-order chi connectivity index (χ0) is 17.2. The molecule has 0 atom stereocenters. The van der Waals surface area contributed by atoms with Crippen LogP contribution in [0, 0.1) is 0 Å². The quantitative estimate of drug-likeness (QED) is 0.634. The van der Waals surface area contributed by atoms with Gasteiger partial charge in [-0.05, 0) is 42.5 Å². The van der Waals surface area contributed by atoms with E-state index < -0.39 is 10.1 Å². The molecule has 24 heavy (non-hydrogen) atoms. The molecule has 1 saturated carbocycles. The van der Waals surface area contributed by atoms with E-state index in [-0.39, 0.29) is 10.6 Å². The maximum Gasteiger partial charge on any atom is 0.294 e. The number of hydrogen-bond donors (Lipinski definition) is 2. The van der Waals surface area contributed by atoms with Gasteiger partial charge in [-0.2, -0.15) is 8.42 Å². The molecule has 6 heteroatoms. The van der Waals surface area contributed by atoms with Crippen molar-refractivity contribution in [3.8, 4) is 11.5 Å². The first kappa shape index (κ1) is 16.8. The summed E-state index contributed by atoms with van der Waals surface area (Å²) >= 11 is 0. The SMILES string of the molecule is Nc1ccc(S(=O)(=O)O)cc1Oc1ccccc1C1CCCCC1. The van der Waals surface area contributed by atoms with Gasteiger partial charge in [-0.15, -0.1) is 0 Å². The van der Waals surface area contributed by atoms with Gasteiger partial charge in [0, 0.05) is 6.07 Å². The first-order valence-electron chi connectivity index (χ1n) is 8.09. The highest BCUT2D eigenvalue weighted by Crippen LogP contribution is 2.40. The molecule has 3 rings (SSSR count). The molecule has 5 nitrogen and oxygen atoms in total. The van der Waals surface area contributed by atoms with Gasteiger partial charge < -0.3 is 10.5 Å². The van der Waals surface area contributed by atoms with Gasteiger partial charge in [0.25, 0.3) is 10.1 Å². The first-order valence-corrected chi connectivity index (χ1v) is 9.53. The molecule has 1 aliphatic carbocycles. The molecule has 128 valence electrons. The summed E-state index contributed by atoms with van der Waals surface area (Å²) in [6, 6.07) is 11.7. The third-order valence-corrected chi connectivity index (χ3v) is 5.32. The highest BCUT2D eigenvalue weighted by Gasteiger charge is 2.20. The Morgan fingerprint density at radius 2 is 1.71 bits per heavy atom. The van der Waals surface area contributed by atoms with Crippen LogP contribution in [0.5, 0.6) is 11.5 Å². The summed E-state index contributed by atoms with van der Waals surface area (Å²) in [6.45, 7) is 0. The largest absolute Gasteiger partial charge is 0.455 e. The monoisotopic (exact) mass is 347 g/mol. The molecule has 0 spiro atoms. The fraction of sp³-hybridized carbons (Fsp3) is 0.333. The van der Waals surface area contributed by atoms with Gasteiger partial charge in [0.15, 0.2) is 5.75 Å². The van der Waals surface area contributed by atoms with Gasteiger partial charge >= 0.3 is 0 Å². The summed E-state index contributed by atoms with van der Waals surface area (Å²) in [5.74, 6) is 1.36. The van der Waals surface area contributed by atoms with Crippen LogP contribution in [-0.2, 0) is 10.1 Å². The fourth-order valence-electron chi connectivity index (χ4n) is 3.21. The standard InChI is InChI=1S/C18H21NO4S/c19-16-11-10-14(24(20,21)22)12-18(16)23-17-9-5-4-8-15(17)13-6-2-1-3-7-13/h4-5,8-13H,1-3,6-7,19H2,(H,20,21,22). The van der Waals surface area contributed by atoms with Crippen molar-refractivity contribution in [3.05, 3.63) is 48.0 Å². The van der Waals surface area contributed by atoms with Gasteiger partial charge in [-0.25, -0.2) is 0 Å². The summed E-state index contributed by atoms with van der Waals surface area (Å²) in [4.78, 5) is -0.234. The predicted molar refractivity (Wildman–Crippen MR) is 93.0 cm³/mol. The minimum atomic E-state index is -4.30. The summed E-state index contributed by atoms with van der Waals surface area (Å²) in [6.07, 6.45) is 5.93. The van der Waals surface area contributed by atoms with Crippen molar-refractivity contribution < 1.29 is 17.7 Å². The lowest BCUT2D eigenvalue weighted by Crippen LogP contribution is -2.06. The highest BCUT2D eigenvalue weighted by atomic mass is 32.2. The average Bonchev–Trinajstić information content (AvgIpc) is 2.57. The Morgan fingerprint density at radius 3 is 2.42 bits per heavy atom. The number of anilines is 1. The summed E-state index contributed by atoms with van der Waals surface area (Å²) in [5.41, 5.74) is 7.35. The Balaban J connectivity index is 1.94. The van der Waals surface area contributed by atoms with Crippen LogP contribution in [0.4, 0.5) is 5.69 Å². The average molecular weight is 347 g/mol. The van der Waals surface area contributed by atoms with E-state index in [1.54, 1.807) is 0 Å². The molecule has 0 aromatic heterocycles. The van der Waals surface area contributed by atoms with Crippen LogP contribution in [0.3, 0.4) is 0 Å². The molecule has 3 N–H and O–H groups in total. The molecule has 0 aliphatic heterocycles. The number of benzene rings is 2. The van der Waals surface area contributed by atoms with Gasteiger partial charge in [-0.1, -0.05) is 37.5 Å². The van der Waals surface area contributed by atoms with Crippen molar-refractivity contribution in [2.24, 2.45) is 0 Å². The van der Waals surface area contributed by atoms with Crippen molar-refractivity contribution in [2.45, 2.75) is 42.9 Å². The molecule has 2 aromatic carbocycles. The van der Waals surface area contributed by atoms with Crippen LogP contribution in [0.25, 0.3) is 0 Å². The third-order valence-electron chi connectivity index (χ3n) is 4.47. The second kappa shape index (κ2) is 6.83. The van der Waals surface area contributed by atoms with E-state index in [2.05, 4.69) is 0 Å². The lowest BCUT2D eigenvalue weighted by molar-refractivity contribution is 0.419. The van der Waals surface area contributed by atoms with Crippen molar-refractivity contribution in [3.63, 3.8) is 0 Å². The molecule has 1 aliphatic rings. The van der Waals surface area contributed by atoms with Crippen LogP contribution >= 0.6 is 0 Å². The van der Waals surface area contributed by atoms with Gasteiger partial charge in [0.05, 0.1) is 10.6 Å². The number of hydrogen-bond acceptors (Lipinski definition) is 4. The second-order valence-corrected chi connectivity index (χ2v) is 7.57. The number of ether oxygens (including phenoxy) is 1. The van der Waals surface area contributed by atoms with Gasteiger partial charge in [0.2, 0.25) is 0 Å². The van der Waals surface area contributed by atoms with Gasteiger partial charge in [-0.3, -0.25) is 4.55 Å². The molecule has 0 amide bonds. The number of nitrogens with two attached hydrogens (primary N) is 1. The van der Waals surface area contributed by atoms with Crippen LogP contribution < -0.4 is 10.5 Å². The molecule has 0 bridgehead atoms. The van der Waals surface area contributed by atoms with E-state index >= 15 is 0 Å². The number of nitrogen functional groups attached to an aromatic ring is 1. The maximum atomic E-state index is 11.3. The Labute approximate surface area is 142 Å². The third kappa shape index (κ3) is 3.71. The second-order valence-electron chi connectivity index (χ2n) is 6.15. The first-order chi connectivity index (χ1) is 11.4. The lowest BCUT2D eigenvalue weighted by atomic mass is 9.84. The fourth-order valence-corrected chi connectivity index (χ4v) is 3.70. The zero-order valence-electron chi connectivity index (χ0n) is 13.3. The summed E-state index contributed by atoms with van der Waals surface area (Å²) < 4.78 is 37.8. The predicted octanol–water partition coefficient (Wildman–Crippen LogP) is 4.36. The van der Waals surface area contributed by atoms with E-state index in [9.17, 15) is 13.0 Å². The number of rotatable bonds is 4. The summed E-state index contributed by atoms with van der Waals surface area (Å²) in [7, 11) is -4.30. The van der Waals surface area contributed by atoms with E-state index in [0.29, 0.717) is 17.4 Å². The maximum absolute atomic E-state index is 11.3. The molecule has 0 heterocycles. The Morgan fingerprint density at radius 1 is 1.00 bits per heavy atom. The minimum Gasteiger partial charge on any atom is -0.455 e. The Kier molecular flexibility index (Phi) is 4.78. The van der Waals surface area contributed by atoms with Crippen molar-refractivity contribution in [1.29, 1.82) is 0 Å². The number of para-hydroxylation sites is 1. The molecular formula is C18H21NO4S. The Hall–Kier alpha value is -2.05. The minimum absolute atomic E-state index is 0.230. The molecule has 0 saturated heterocycles. The van der Waals surface area contributed by atoms with E-state index in [4.69, 9.17) is 10.5 Å². The van der Waals surface area contributed by atoms with Crippen LogP contribution in [-0.4, -0.2) is 13.0 Å². The van der Waals surface area contributed by atoms with Crippen molar-refractivity contribution >= 4 is 15.8 Å². The summed E-state index contributed by atoms with van der Waals surface area (Å²) in [5, 5.41) is 0. The lowest BCUT2D eigenvalue weighted by Gasteiger charge is -2.24. The van der Waals surface area contributed by atoms with E-state index in [1.165, 1.54) is 37.5 Å². The molecule has 1 fully saturated rings. The molecule has 2 aromatic rings. The smallest absolute Gasteiger partial charge is 0.294 e. The van der Waals surface area contributed by atoms with Crippen molar-refractivity contribution in [1.82, 2.24) is 0 Å². The van der Waals surface area contributed by atoms with Crippen LogP contribution in [0.2, 0.25) is 0 Å². The van der Waals surface area contributed by atoms with Crippen molar-refractivity contribution in [2.75, 3.05) is 5.73 Å². The molecule has 0 unspecified atom stereocenters.